The smallest absolute Gasteiger partial charge is 0.241 e. The van der Waals surface area contributed by atoms with E-state index in [1.165, 1.54) is 0 Å². The summed E-state index contributed by atoms with van der Waals surface area (Å²) in [5.74, 6) is -0.183. The molecule has 0 spiro atoms. The highest BCUT2D eigenvalue weighted by Gasteiger charge is 2.16. The van der Waals surface area contributed by atoms with Gasteiger partial charge in [-0.25, -0.2) is 0 Å². The van der Waals surface area contributed by atoms with Gasteiger partial charge in [0.1, 0.15) is 6.04 Å². The third-order valence-electron chi connectivity index (χ3n) is 1.59. The standard InChI is InChI=1S/C7H16N2O2/c1-3-9(4-2)7(11)6(8)5-10/h6,10H,3-5,8H2,1-2H3/t6-/m0/s1. The molecule has 11 heavy (non-hydrogen) atoms. The van der Waals surface area contributed by atoms with Gasteiger partial charge in [-0.2, -0.15) is 0 Å². The molecule has 0 saturated heterocycles. The maximum atomic E-state index is 11.2. The zero-order valence-electron chi connectivity index (χ0n) is 7.08. The van der Waals surface area contributed by atoms with Crippen LogP contribution in [0.15, 0.2) is 0 Å². The number of hydrogen-bond acceptors (Lipinski definition) is 3. The monoisotopic (exact) mass is 160 g/mol. The van der Waals surface area contributed by atoms with E-state index < -0.39 is 6.04 Å². The lowest BCUT2D eigenvalue weighted by Crippen LogP contribution is -2.45. The highest BCUT2D eigenvalue weighted by molar-refractivity contribution is 5.81. The van der Waals surface area contributed by atoms with Crippen LogP contribution in [-0.4, -0.2) is 41.7 Å². The third kappa shape index (κ3) is 2.86. The van der Waals surface area contributed by atoms with E-state index in [0.717, 1.165) is 0 Å². The quantitative estimate of drug-likeness (QED) is 0.564. The summed E-state index contributed by atoms with van der Waals surface area (Å²) >= 11 is 0. The summed E-state index contributed by atoms with van der Waals surface area (Å²) in [5.41, 5.74) is 5.33. The maximum Gasteiger partial charge on any atom is 0.241 e. The molecule has 0 radical (unpaired) electrons. The molecular formula is C7H16N2O2. The van der Waals surface area contributed by atoms with Gasteiger partial charge in [0.25, 0.3) is 0 Å². The molecule has 0 unspecified atom stereocenters. The largest absolute Gasteiger partial charge is 0.394 e. The minimum absolute atomic E-state index is 0.183. The fourth-order valence-electron chi connectivity index (χ4n) is 0.848. The second-order valence-electron chi connectivity index (χ2n) is 2.30. The van der Waals surface area contributed by atoms with Crippen molar-refractivity contribution in [3.63, 3.8) is 0 Å². The molecule has 0 aliphatic heterocycles. The van der Waals surface area contributed by atoms with Gasteiger partial charge in [-0.05, 0) is 13.8 Å². The average molecular weight is 160 g/mol. The van der Waals surface area contributed by atoms with Crippen LogP contribution in [-0.2, 0) is 4.79 Å². The minimum Gasteiger partial charge on any atom is -0.394 e. The summed E-state index contributed by atoms with van der Waals surface area (Å²) < 4.78 is 0. The molecular weight excluding hydrogens is 144 g/mol. The zero-order chi connectivity index (χ0) is 8.85. The molecule has 0 fully saturated rings. The molecule has 4 nitrogen and oxygen atoms in total. The number of likely N-dealkylation sites (N-methyl/N-ethyl adjacent to an activating group) is 1. The zero-order valence-corrected chi connectivity index (χ0v) is 7.08. The molecule has 1 amide bonds. The molecule has 66 valence electrons. The van der Waals surface area contributed by atoms with Crippen molar-refractivity contribution in [3.8, 4) is 0 Å². The summed E-state index contributed by atoms with van der Waals surface area (Å²) in [6, 6.07) is -0.755. The molecule has 1 atom stereocenters. The summed E-state index contributed by atoms with van der Waals surface area (Å²) in [6.07, 6.45) is 0. The lowest BCUT2D eigenvalue weighted by molar-refractivity contribution is -0.133. The van der Waals surface area contributed by atoms with Gasteiger partial charge < -0.3 is 15.7 Å². The molecule has 0 aromatic heterocycles. The van der Waals surface area contributed by atoms with E-state index in [-0.39, 0.29) is 12.5 Å². The summed E-state index contributed by atoms with van der Waals surface area (Å²) in [4.78, 5) is 12.8. The SMILES string of the molecule is CCN(CC)C(=O)[C@@H](N)CO. The molecule has 0 heterocycles. The highest BCUT2D eigenvalue weighted by Crippen LogP contribution is 1.91. The lowest BCUT2D eigenvalue weighted by atomic mass is 10.3. The van der Waals surface area contributed by atoms with Gasteiger partial charge in [0, 0.05) is 13.1 Å². The Morgan fingerprint density at radius 3 is 2.27 bits per heavy atom. The molecule has 4 heteroatoms. The van der Waals surface area contributed by atoms with E-state index in [2.05, 4.69) is 0 Å². The van der Waals surface area contributed by atoms with E-state index >= 15 is 0 Å². The van der Waals surface area contributed by atoms with Crippen LogP contribution in [0.5, 0.6) is 0 Å². The molecule has 0 aliphatic rings. The van der Waals surface area contributed by atoms with Crippen molar-refractivity contribution in [2.45, 2.75) is 19.9 Å². The molecule has 0 rings (SSSR count). The fourth-order valence-corrected chi connectivity index (χ4v) is 0.848. The van der Waals surface area contributed by atoms with Crippen LogP contribution in [0.25, 0.3) is 0 Å². The first kappa shape index (κ1) is 10.4. The lowest BCUT2D eigenvalue weighted by Gasteiger charge is -2.21. The Kier molecular flexibility index (Phi) is 4.81. The summed E-state index contributed by atoms with van der Waals surface area (Å²) in [7, 11) is 0. The number of nitrogens with zero attached hydrogens (tertiary/aromatic N) is 1. The molecule has 0 saturated carbocycles. The number of carbonyl (C=O) groups is 1. The molecule has 0 aliphatic carbocycles. The van der Waals surface area contributed by atoms with Gasteiger partial charge >= 0.3 is 0 Å². The molecule has 3 N–H and O–H groups in total. The van der Waals surface area contributed by atoms with Crippen LogP contribution in [0.1, 0.15) is 13.8 Å². The van der Waals surface area contributed by atoms with Crippen LogP contribution in [0.4, 0.5) is 0 Å². The fraction of sp³-hybridized carbons (Fsp3) is 0.857. The Hall–Kier alpha value is -0.610. The van der Waals surface area contributed by atoms with E-state index in [1.54, 1.807) is 4.90 Å². The number of nitrogens with two attached hydrogens (primary N) is 1. The van der Waals surface area contributed by atoms with E-state index in [0.29, 0.717) is 13.1 Å². The predicted molar refractivity (Wildman–Crippen MR) is 43.0 cm³/mol. The van der Waals surface area contributed by atoms with Gasteiger partial charge in [-0.15, -0.1) is 0 Å². The van der Waals surface area contributed by atoms with Crippen LogP contribution < -0.4 is 5.73 Å². The first-order valence-corrected chi connectivity index (χ1v) is 3.82. The van der Waals surface area contributed by atoms with Crippen molar-refractivity contribution >= 4 is 5.91 Å². The Balaban J connectivity index is 3.97. The minimum atomic E-state index is -0.755. The second kappa shape index (κ2) is 5.09. The maximum absolute atomic E-state index is 11.2. The van der Waals surface area contributed by atoms with Gasteiger partial charge in [0.05, 0.1) is 6.61 Å². The number of hydrogen-bond donors (Lipinski definition) is 2. The van der Waals surface area contributed by atoms with Crippen LogP contribution in [0.3, 0.4) is 0 Å². The Bertz CT molecular complexity index is 124. The molecule has 0 aromatic rings. The van der Waals surface area contributed by atoms with E-state index in [9.17, 15) is 4.79 Å². The Labute approximate surface area is 67.0 Å². The highest BCUT2D eigenvalue weighted by atomic mass is 16.3. The van der Waals surface area contributed by atoms with Crippen molar-refractivity contribution < 1.29 is 9.90 Å². The first-order chi connectivity index (χ1) is 5.17. The van der Waals surface area contributed by atoms with E-state index in [4.69, 9.17) is 10.8 Å². The van der Waals surface area contributed by atoms with Crippen molar-refractivity contribution in [2.75, 3.05) is 19.7 Å². The Morgan fingerprint density at radius 2 is 2.00 bits per heavy atom. The molecule has 0 aromatic carbocycles. The average Bonchev–Trinajstić information content (AvgIpc) is 2.05. The van der Waals surface area contributed by atoms with Gasteiger partial charge in [0.15, 0.2) is 0 Å². The summed E-state index contributed by atoms with van der Waals surface area (Å²) in [6.45, 7) is 4.76. The summed E-state index contributed by atoms with van der Waals surface area (Å²) in [5, 5.41) is 8.57. The predicted octanol–water partition coefficient (Wildman–Crippen LogP) is -0.826. The number of aliphatic hydroxyl groups excluding tert-OH is 1. The number of amides is 1. The third-order valence-corrected chi connectivity index (χ3v) is 1.59. The van der Waals surface area contributed by atoms with Gasteiger partial charge in [-0.3, -0.25) is 4.79 Å². The first-order valence-electron chi connectivity index (χ1n) is 3.82. The Morgan fingerprint density at radius 1 is 1.55 bits per heavy atom. The number of carbonyl (C=O) groups excluding carboxylic acids is 1. The number of aliphatic hydroxyl groups is 1. The second-order valence-corrected chi connectivity index (χ2v) is 2.30. The van der Waals surface area contributed by atoms with Gasteiger partial charge in [0.2, 0.25) is 5.91 Å². The van der Waals surface area contributed by atoms with Gasteiger partial charge in [-0.1, -0.05) is 0 Å². The normalized spacial score (nSPS) is 12.7. The van der Waals surface area contributed by atoms with Crippen molar-refractivity contribution in [3.05, 3.63) is 0 Å². The molecule has 0 bridgehead atoms. The van der Waals surface area contributed by atoms with Crippen molar-refractivity contribution in [1.29, 1.82) is 0 Å². The van der Waals surface area contributed by atoms with Crippen LogP contribution in [0.2, 0.25) is 0 Å². The van der Waals surface area contributed by atoms with E-state index in [1.807, 2.05) is 13.8 Å². The van der Waals surface area contributed by atoms with Crippen molar-refractivity contribution in [1.82, 2.24) is 4.90 Å². The van der Waals surface area contributed by atoms with Crippen LogP contribution in [0, 0.1) is 0 Å². The van der Waals surface area contributed by atoms with Crippen molar-refractivity contribution in [2.24, 2.45) is 5.73 Å². The topological polar surface area (TPSA) is 66.6 Å². The number of rotatable bonds is 4. The van der Waals surface area contributed by atoms with Crippen LogP contribution >= 0.6 is 0 Å².